The number of benzene rings is 1. The third-order valence-corrected chi connectivity index (χ3v) is 7.34. The van der Waals surface area contributed by atoms with Crippen LogP contribution in [0.4, 0.5) is 0 Å². The number of hydrogen-bond donors (Lipinski definition) is 0. The second-order valence-corrected chi connectivity index (χ2v) is 8.93. The van der Waals surface area contributed by atoms with Crippen LogP contribution in [0.1, 0.15) is 38.5 Å². The van der Waals surface area contributed by atoms with Gasteiger partial charge in [-0.2, -0.15) is 0 Å². The summed E-state index contributed by atoms with van der Waals surface area (Å²) in [6.45, 7) is 3.56. The van der Waals surface area contributed by atoms with Crippen LogP contribution < -0.4 is 4.74 Å². The molecular weight excluding hydrogens is 360 g/mol. The van der Waals surface area contributed by atoms with Gasteiger partial charge in [0, 0.05) is 23.7 Å². The van der Waals surface area contributed by atoms with Gasteiger partial charge >= 0.3 is 0 Å². The van der Waals surface area contributed by atoms with Crippen LogP contribution in [0.3, 0.4) is 0 Å². The maximum atomic E-state index is 11.8. The van der Waals surface area contributed by atoms with Crippen LogP contribution in [-0.2, 0) is 4.79 Å². The summed E-state index contributed by atoms with van der Waals surface area (Å²) in [5.74, 6) is 2.94. The molecule has 0 saturated carbocycles. The van der Waals surface area contributed by atoms with Crippen LogP contribution >= 0.6 is 11.6 Å². The van der Waals surface area contributed by atoms with Crippen molar-refractivity contribution in [2.45, 2.75) is 50.6 Å². The number of aldehydes is 1. The molecule has 144 valence electrons. The summed E-state index contributed by atoms with van der Waals surface area (Å²) in [6.07, 6.45) is 8.10. The van der Waals surface area contributed by atoms with E-state index in [-0.39, 0.29) is 0 Å². The number of fused-ring (bicyclic) bond motifs is 2. The summed E-state index contributed by atoms with van der Waals surface area (Å²) in [5.41, 5.74) is 0.808. The lowest BCUT2D eigenvalue weighted by Crippen LogP contribution is -2.65. The fourth-order valence-corrected chi connectivity index (χ4v) is 6.17. The molecule has 0 radical (unpaired) electrons. The molecular formula is C22H27ClN2O2. The summed E-state index contributed by atoms with van der Waals surface area (Å²) >= 11 is 6.02. The van der Waals surface area contributed by atoms with E-state index in [4.69, 9.17) is 16.3 Å². The molecule has 27 heavy (non-hydrogen) atoms. The Labute approximate surface area is 166 Å². The zero-order chi connectivity index (χ0) is 18.4. The predicted molar refractivity (Wildman–Crippen MR) is 106 cm³/mol. The number of nitrogens with zero attached hydrogens (tertiary/aromatic N) is 2. The van der Waals surface area contributed by atoms with Gasteiger partial charge in [0.05, 0.1) is 5.57 Å². The Bertz CT molecular complexity index is 745. The normalized spacial score (nSPS) is 33.3. The molecule has 0 N–H and O–H groups in total. The van der Waals surface area contributed by atoms with Gasteiger partial charge in [0.25, 0.3) is 0 Å². The minimum Gasteiger partial charge on any atom is -0.441 e. The number of rotatable bonds is 3. The van der Waals surface area contributed by atoms with Gasteiger partial charge in [0.2, 0.25) is 5.88 Å². The maximum absolute atomic E-state index is 11.8. The number of carbonyl (C=O) groups excluding carboxylic acids is 1. The van der Waals surface area contributed by atoms with Gasteiger partial charge in [0.15, 0.2) is 6.29 Å². The first-order valence-corrected chi connectivity index (χ1v) is 10.7. The van der Waals surface area contributed by atoms with Crippen molar-refractivity contribution < 1.29 is 9.53 Å². The molecule has 4 atom stereocenters. The molecule has 0 unspecified atom stereocenters. The second kappa shape index (κ2) is 7.14. The lowest BCUT2D eigenvalue weighted by molar-refractivity contribution is -0.107. The Balaban J connectivity index is 1.47. The minimum atomic E-state index is 0.498. The highest BCUT2D eigenvalue weighted by Crippen LogP contribution is 2.46. The third-order valence-electron chi connectivity index (χ3n) is 7.09. The van der Waals surface area contributed by atoms with E-state index in [1.165, 1.54) is 38.8 Å². The molecule has 0 spiro atoms. The highest BCUT2D eigenvalue weighted by molar-refractivity contribution is 6.30. The van der Waals surface area contributed by atoms with E-state index in [9.17, 15) is 4.79 Å². The number of halogens is 1. The molecule has 4 aliphatic rings. The van der Waals surface area contributed by atoms with Crippen LogP contribution in [0.15, 0.2) is 35.7 Å². The topological polar surface area (TPSA) is 32.8 Å². The molecule has 0 aliphatic carbocycles. The van der Waals surface area contributed by atoms with Crippen molar-refractivity contribution >= 4 is 17.9 Å². The van der Waals surface area contributed by atoms with Gasteiger partial charge in [-0.1, -0.05) is 11.6 Å². The highest BCUT2D eigenvalue weighted by Gasteiger charge is 2.50. The Morgan fingerprint density at radius 3 is 2.63 bits per heavy atom. The van der Waals surface area contributed by atoms with E-state index in [0.717, 1.165) is 48.9 Å². The SMILES string of the molecule is O=CC1=C(Oc2ccc(Cl)cc2)N2C[C@@H]3CCCN4CCC[C@@H]([C@H]34)[C@H]2CC1. The first-order valence-electron chi connectivity index (χ1n) is 10.4. The minimum absolute atomic E-state index is 0.498. The Kier molecular flexibility index (Phi) is 4.65. The van der Waals surface area contributed by atoms with Crippen molar-refractivity contribution in [3.63, 3.8) is 0 Å². The maximum Gasteiger partial charge on any atom is 0.202 e. The van der Waals surface area contributed by atoms with Crippen molar-refractivity contribution in [2.75, 3.05) is 19.6 Å². The number of hydrogen-bond acceptors (Lipinski definition) is 4. The summed E-state index contributed by atoms with van der Waals surface area (Å²) < 4.78 is 6.30. The standard InChI is InChI=1S/C22H27ClN2O2/c23-17-6-8-18(9-7-17)27-22-16(14-26)5-10-20-19-4-2-12-24-11-1-3-15(21(19)24)13-25(20)22/h6-9,14-15,19-21H,1-5,10-13H2/t15-,19+,20+,21-/m0/s1. The predicted octanol–water partition coefficient (Wildman–Crippen LogP) is 4.10. The van der Waals surface area contributed by atoms with Gasteiger partial charge < -0.3 is 9.64 Å². The molecule has 0 bridgehead atoms. The largest absolute Gasteiger partial charge is 0.441 e. The molecule has 4 heterocycles. The van der Waals surface area contributed by atoms with E-state index >= 15 is 0 Å². The molecule has 4 nitrogen and oxygen atoms in total. The van der Waals surface area contributed by atoms with Gasteiger partial charge in [0.1, 0.15) is 5.75 Å². The fraction of sp³-hybridized carbons (Fsp3) is 0.591. The van der Waals surface area contributed by atoms with Crippen molar-refractivity contribution in [1.82, 2.24) is 9.80 Å². The van der Waals surface area contributed by atoms with E-state index in [1.807, 2.05) is 24.3 Å². The fourth-order valence-electron chi connectivity index (χ4n) is 6.04. The van der Waals surface area contributed by atoms with Crippen molar-refractivity contribution in [3.8, 4) is 5.75 Å². The molecule has 3 saturated heterocycles. The first-order chi connectivity index (χ1) is 13.2. The van der Waals surface area contributed by atoms with Crippen molar-refractivity contribution in [3.05, 3.63) is 40.7 Å². The Hall–Kier alpha value is -1.52. The van der Waals surface area contributed by atoms with E-state index in [0.29, 0.717) is 22.9 Å². The van der Waals surface area contributed by atoms with E-state index in [1.54, 1.807) is 0 Å². The number of ether oxygens (including phenoxy) is 1. The van der Waals surface area contributed by atoms with Gasteiger partial charge in [-0.25, -0.2) is 0 Å². The molecule has 0 amide bonds. The second-order valence-electron chi connectivity index (χ2n) is 8.50. The zero-order valence-electron chi connectivity index (χ0n) is 15.6. The van der Waals surface area contributed by atoms with E-state index < -0.39 is 0 Å². The molecule has 3 fully saturated rings. The summed E-state index contributed by atoms with van der Waals surface area (Å²) in [5, 5.41) is 0.693. The average molecular weight is 387 g/mol. The van der Waals surface area contributed by atoms with Crippen LogP contribution in [0, 0.1) is 11.8 Å². The summed E-state index contributed by atoms with van der Waals surface area (Å²) in [7, 11) is 0. The summed E-state index contributed by atoms with van der Waals surface area (Å²) in [4.78, 5) is 17.0. The average Bonchev–Trinajstić information content (AvgIpc) is 2.70. The molecule has 4 aliphatic heterocycles. The van der Waals surface area contributed by atoms with Crippen LogP contribution in [0.2, 0.25) is 5.02 Å². The number of carbonyl (C=O) groups is 1. The van der Waals surface area contributed by atoms with E-state index in [2.05, 4.69) is 9.80 Å². The number of piperidine rings is 3. The van der Waals surface area contributed by atoms with Gasteiger partial charge in [-0.15, -0.1) is 0 Å². The smallest absolute Gasteiger partial charge is 0.202 e. The molecule has 1 aromatic carbocycles. The van der Waals surface area contributed by atoms with Crippen LogP contribution in [0.25, 0.3) is 0 Å². The molecule has 5 rings (SSSR count). The zero-order valence-corrected chi connectivity index (χ0v) is 16.4. The lowest BCUT2D eigenvalue weighted by Gasteiger charge is -2.59. The molecule has 5 heteroatoms. The van der Waals surface area contributed by atoms with Crippen molar-refractivity contribution in [2.24, 2.45) is 11.8 Å². The summed E-state index contributed by atoms with van der Waals surface area (Å²) in [6, 6.07) is 8.69. The highest BCUT2D eigenvalue weighted by atomic mass is 35.5. The van der Waals surface area contributed by atoms with Crippen LogP contribution in [0.5, 0.6) is 5.75 Å². The van der Waals surface area contributed by atoms with Crippen molar-refractivity contribution in [1.29, 1.82) is 0 Å². The Morgan fingerprint density at radius 1 is 1.07 bits per heavy atom. The molecule has 1 aromatic rings. The van der Waals surface area contributed by atoms with Gasteiger partial charge in [-0.3, -0.25) is 9.69 Å². The lowest BCUT2D eigenvalue weighted by atomic mass is 9.68. The number of allylic oxidation sites excluding steroid dienone is 1. The monoisotopic (exact) mass is 386 g/mol. The quantitative estimate of drug-likeness (QED) is 0.732. The third kappa shape index (κ3) is 3.07. The van der Waals surface area contributed by atoms with Gasteiger partial charge in [-0.05, 0) is 87.7 Å². The first kappa shape index (κ1) is 17.6. The molecule has 0 aromatic heterocycles. The Morgan fingerprint density at radius 2 is 1.85 bits per heavy atom. The van der Waals surface area contributed by atoms with Crippen LogP contribution in [-0.4, -0.2) is 47.8 Å².